The van der Waals surface area contributed by atoms with Crippen LogP contribution >= 0.6 is 24.8 Å². The van der Waals surface area contributed by atoms with E-state index in [1.165, 1.54) is 12.3 Å². The number of hydrogen-bond acceptors (Lipinski definition) is 4. The fourth-order valence-electron chi connectivity index (χ4n) is 3.10. The van der Waals surface area contributed by atoms with Gasteiger partial charge in [0.05, 0.1) is 0 Å². The lowest BCUT2D eigenvalue weighted by atomic mass is 9.84. The van der Waals surface area contributed by atoms with Crippen molar-refractivity contribution in [1.82, 2.24) is 15.6 Å². The summed E-state index contributed by atoms with van der Waals surface area (Å²) in [5.41, 5.74) is 1.58. The summed E-state index contributed by atoms with van der Waals surface area (Å²) in [5.74, 6) is 0.0647. The van der Waals surface area contributed by atoms with E-state index in [-0.39, 0.29) is 41.5 Å². The van der Waals surface area contributed by atoms with E-state index in [9.17, 15) is 18.3 Å². The number of nitrogens with zero attached hydrogens (tertiary/aromatic N) is 1. The second-order valence-electron chi connectivity index (χ2n) is 9.92. The first-order chi connectivity index (χ1) is 14.2. The first-order valence-electron chi connectivity index (χ1n) is 10.5. The van der Waals surface area contributed by atoms with Gasteiger partial charge in [-0.1, -0.05) is 32.9 Å². The van der Waals surface area contributed by atoms with Gasteiger partial charge in [-0.05, 0) is 63.4 Å². The van der Waals surface area contributed by atoms with Gasteiger partial charge in [-0.25, -0.2) is 0 Å². The van der Waals surface area contributed by atoms with E-state index in [4.69, 9.17) is 0 Å². The molecule has 0 amide bonds. The molecule has 188 valence electrons. The number of benzene rings is 1. The maximum atomic E-state index is 12.9. The molecule has 0 saturated heterocycles. The fraction of sp³-hybridized carbons (Fsp3) is 0.542. The lowest BCUT2D eigenvalue weighted by Crippen LogP contribution is -2.37. The smallest absolute Gasteiger partial charge is 0.433 e. The molecule has 0 fully saturated rings. The summed E-state index contributed by atoms with van der Waals surface area (Å²) in [5, 5.41) is 17.6. The number of hydrogen-bond donors (Lipinski definition) is 3. The van der Waals surface area contributed by atoms with Crippen LogP contribution < -0.4 is 10.6 Å². The summed E-state index contributed by atoms with van der Waals surface area (Å²) < 4.78 is 38.6. The second-order valence-corrected chi connectivity index (χ2v) is 9.92. The molecule has 0 aliphatic carbocycles. The van der Waals surface area contributed by atoms with Crippen molar-refractivity contribution in [2.75, 3.05) is 13.1 Å². The average Bonchev–Trinajstić information content (AvgIpc) is 2.63. The molecule has 0 bridgehead atoms. The van der Waals surface area contributed by atoms with Gasteiger partial charge in [-0.3, -0.25) is 4.98 Å². The molecule has 0 aliphatic heterocycles. The second kappa shape index (κ2) is 12.2. The predicted octanol–water partition coefficient (Wildman–Crippen LogP) is 6.48. The summed E-state index contributed by atoms with van der Waals surface area (Å²) in [6, 6.07) is 6.08. The quantitative estimate of drug-likeness (QED) is 0.373. The Morgan fingerprint density at radius 1 is 0.939 bits per heavy atom. The van der Waals surface area contributed by atoms with E-state index in [2.05, 4.69) is 57.2 Å². The molecule has 3 N–H and O–H groups in total. The van der Waals surface area contributed by atoms with Gasteiger partial charge in [0.1, 0.15) is 11.4 Å². The number of alkyl halides is 3. The highest BCUT2D eigenvalue weighted by Crippen LogP contribution is 2.38. The standard InChI is InChI=1S/C24H34F3N3O.2ClH/c1-22(2,3)18-12-17(14-28-10-7-11-30-23(4,5)6)21(31)19(13-18)16-8-9-20(29-15-16)24(25,26)27;;/h8-9,12-13,15,28,30-31H,7,10-11,14H2,1-6H3;2*1H. The minimum Gasteiger partial charge on any atom is -0.507 e. The zero-order valence-corrected chi connectivity index (χ0v) is 21.7. The minimum absolute atomic E-state index is 0. The number of aromatic hydroxyl groups is 1. The van der Waals surface area contributed by atoms with Gasteiger partial charge in [0, 0.05) is 35.0 Å². The Hall–Kier alpha value is -1.54. The van der Waals surface area contributed by atoms with Crippen molar-refractivity contribution in [3.63, 3.8) is 0 Å². The largest absolute Gasteiger partial charge is 0.507 e. The lowest BCUT2D eigenvalue weighted by molar-refractivity contribution is -0.141. The summed E-state index contributed by atoms with van der Waals surface area (Å²) in [6.07, 6.45) is -2.39. The van der Waals surface area contributed by atoms with E-state index in [0.29, 0.717) is 23.2 Å². The number of halogens is 5. The number of nitrogens with one attached hydrogen (secondary N) is 2. The summed E-state index contributed by atoms with van der Waals surface area (Å²) in [4.78, 5) is 3.55. The molecule has 0 spiro atoms. The topological polar surface area (TPSA) is 57.2 Å². The van der Waals surface area contributed by atoms with Gasteiger partial charge in [0.2, 0.25) is 0 Å². The van der Waals surface area contributed by atoms with Crippen LogP contribution in [-0.2, 0) is 18.1 Å². The molecule has 4 nitrogen and oxygen atoms in total. The molecule has 1 aromatic carbocycles. The zero-order chi connectivity index (χ0) is 23.4. The van der Waals surface area contributed by atoms with Crippen LogP contribution in [0.15, 0.2) is 30.5 Å². The van der Waals surface area contributed by atoms with Crippen molar-refractivity contribution in [2.24, 2.45) is 0 Å². The number of phenolic OH excluding ortho intramolecular Hbond substituents is 1. The van der Waals surface area contributed by atoms with Crippen molar-refractivity contribution >= 4 is 24.8 Å². The van der Waals surface area contributed by atoms with E-state index in [0.717, 1.165) is 31.1 Å². The molecule has 2 rings (SSSR count). The van der Waals surface area contributed by atoms with Crippen molar-refractivity contribution in [3.05, 3.63) is 47.3 Å². The third-order valence-electron chi connectivity index (χ3n) is 4.92. The molecule has 9 heteroatoms. The number of rotatable bonds is 7. The number of aromatic nitrogens is 1. The van der Waals surface area contributed by atoms with E-state index in [1.807, 2.05) is 12.1 Å². The van der Waals surface area contributed by atoms with Crippen molar-refractivity contribution in [3.8, 4) is 16.9 Å². The summed E-state index contributed by atoms with van der Waals surface area (Å²) in [7, 11) is 0. The molecule has 0 aliphatic rings. The summed E-state index contributed by atoms with van der Waals surface area (Å²) in [6.45, 7) is 14.7. The Morgan fingerprint density at radius 2 is 1.58 bits per heavy atom. The van der Waals surface area contributed by atoms with Crippen LogP contribution in [0.5, 0.6) is 5.75 Å². The van der Waals surface area contributed by atoms with Gasteiger partial charge in [-0.2, -0.15) is 13.2 Å². The van der Waals surface area contributed by atoms with Crippen LogP contribution in [0.4, 0.5) is 13.2 Å². The molecule has 33 heavy (non-hydrogen) atoms. The van der Waals surface area contributed by atoms with Gasteiger partial charge >= 0.3 is 6.18 Å². The molecular weight excluding hydrogens is 474 g/mol. The molecule has 0 unspecified atom stereocenters. The highest BCUT2D eigenvalue weighted by Gasteiger charge is 2.32. The molecule has 0 atom stereocenters. The highest BCUT2D eigenvalue weighted by atomic mass is 35.5. The Balaban J connectivity index is 0.00000512. The molecular formula is C24H36Cl2F3N3O. The van der Waals surface area contributed by atoms with Gasteiger partial charge in [0.25, 0.3) is 0 Å². The van der Waals surface area contributed by atoms with E-state index in [1.54, 1.807) is 0 Å². The molecule has 2 aromatic rings. The summed E-state index contributed by atoms with van der Waals surface area (Å²) >= 11 is 0. The lowest BCUT2D eigenvalue weighted by Gasteiger charge is -2.23. The Labute approximate surface area is 207 Å². The van der Waals surface area contributed by atoms with Gasteiger partial charge in [0.15, 0.2) is 0 Å². The Kier molecular flexibility index (Phi) is 11.7. The normalized spacial score (nSPS) is 12.2. The number of phenols is 1. The van der Waals surface area contributed by atoms with Crippen LogP contribution in [0.2, 0.25) is 0 Å². The molecule has 0 radical (unpaired) electrons. The molecule has 1 aromatic heterocycles. The predicted molar refractivity (Wildman–Crippen MR) is 134 cm³/mol. The minimum atomic E-state index is -4.50. The van der Waals surface area contributed by atoms with Crippen LogP contribution in [0.3, 0.4) is 0 Å². The SMILES string of the molecule is CC(C)(C)NCCCNCc1cc(C(C)(C)C)cc(-c2ccc(C(F)(F)F)nc2)c1O.Cl.Cl. The van der Waals surface area contributed by atoms with Crippen LogP contribution in [-0.4, -0.2) is 28.7 Å². The third kappa shape index (κ3) is 9.69. The Bertz CT molecular complexity index is 875. The van der Waals surface area contributed by atoms with Gasteiger partial charge < -0.3 is 15.7 Å². The van der Waals surface area contributed by atoms with E-state index < -0.39 is 11.9 Å². The first-order valence-corrected chi connectivity index (χ1v) is 10.5. The highest BCUT2D eigenvalue weighted by molar-refractivity contribution is 5.85. The van der Waals surface area contributed by atoms with Crippen molar-refractivity contribution < 1.29 is 18.3 Å². The molecule has 1 heterocycles. The van der Waals surface area contributed by atoms with Crippen molar-refractivity contribution in [1.29, 1.82) is 0 Å². The molecule has 0 saturated carbocycles. The van der Waals surface area contributed by atoms with Crippen LogP contribution in [0, 0.1) is 0 Å². The first kappa shape index (κ1) is 31.5. The van der Waals surface area contributed by atoms with Gasteiger partial charge in [-0.15, -0.1) is 24.8 Å². The maximum Gasteiger partial charge on any atom is 0.433 e. The Morgan fingerprint density at radius 3 is 2.06 bits per heavy atom. The monoisotopic (exact) mass is 509 g/mol. The third-order valence-corrected chi connectivity index (χ3v) is 4.92. The van der Waals surface area contributed by atoms with E-state index >= 15 is 0 Å². The maximum absolute atomic E-state index is 12.9. The van der Waals surface area contributed by atoms with Crippen LogP contribution in [0.25, 0.3) is 11.1 Å². The fourth-order valence-corrected chi connectivity index (χ4v) is 3.10. The van der Waals surface area contributed by atoms with Crippen molar-refractivity contribution in [2.45, 2.75) is 71.6 Å². The zero-order valence-electron chi connectivity index (χ0n) is 20.1. The number of pyridine rings is 1. The van der Waals surface area contributed by atoms with Crippen LogP contribution in [0.1, 0.15) is 64.8 Å². The average molecular weight is 510 g/mol.